The van der Waals surface area contributed by atoms with Gasteiger partial charge in [-0.1, -0.05) is 6.92 Å². The zero-order chi connectivity index (χ0) is 17.5. The lowest BCUT2D eigenvalue weighted by Crippen LogP contribution is -2.32. The van der Waals surface area contributed by atoms with Crippen LogP contribution in [0.4, 0.5) is 0 Å². The molecule has 7 heteroatoms. The van der Waals surface area contributed by atoms with E-state index in [9.17, 15) is 9.59 Å². The second kappa shape index (κ2) is 10.1. The highest BCUT2D eigenvalue weighted by atomic mass is 35.5. The van der Waals surface area contributed by atoms with Gasteiger partial charge in [-0.2, -0.15) is 0 Å². The summed E-state index contributed by atoms with van der Waals surface area (Å²) in [6, 6.07) is 5.39. The minimum Gasteiger partial charge on any atom is -0.497 e. The molecule has 1 aromatic carbocycles. The number of carbonyl (C=O) groups is 1. The summed E-state index contributed by atoms with van der Waals surface area (Å²) in [5.41, 5.74) is 1.50. The van der Waals surface area contributed by atoms with Gasteiger partial charge in [0.05, 0.1) is 7.11 Å². The topological polar surface area (TPSA) is 80.6 Å². The molecule has 2 N–H and O–H groups in total. The molecule has 2 rings (SSSR count). The molecular formula is C18H25ClN2O4. The Kier molecular flexibility index (Phi) is 8.45. The smallest absolute Gasteiger partial charge is 0.339 e. The molecule has 0 aliphatic heterocycles. The van der Waals surface area contributed by atoms with Crippen molar-refractivity contribution in [1.82, 2.24) is 10.6 Å². The van der Waals surface area contributed by atoms with E-state index in [1.54, 1.807) is 13.2 Å². The van der Waals surface area contributed by atoms with E-state index < -0.39 is 5.63 Å². The summed E-state index contributed by atoms with van der Waals surface area (Å²) in [6.07, 6.45) is 0.628. The summed E-state index contributed by atoms with van der Waals surface area (Å²) in [4.78, 5) is 24.1. The van der Waals surface area contributed by atoms with Crippen LogP contribution in [0.25, 0.3) is 11.0 Å². The van der Waals surface area contributed by atoms with Crippen LogP contribution >= 0.6 is 12.4 Å². The van der Waals surface area contributed by atoms with E-state index in [1.165, 1.54) is 0 Å². The molecule has 0 spiro atoms. The van der Waals surface area contributed by atoms with Crippen LogP contribution in [-0.2, 0) is 11.2 Å². The second-order valence-electron chi connectivity index (χ2n) is 5.56. The molecule has 2 aromatic rings. The summed E-state index contributed by atoms with van der Waals surface area (Å²) >= 11 is 0. The van der Waals surface area contributed by atoms with Crippen LogP contribution in [0.5, 0.6) is 5.75 Å². The Balaban J connectivity index is 0.00000312. The molecule has 25 heavy (non-hydrogen) atoms. The molecule has 1 aromatic heterocycles. The number of hydrogen-bond donors (Lipinski definition) is 2. The number of ether oxygens (including phenoxy) is 1. The molecular weight excluding hydrogens is 344 g/mol. The minimum absolute atomic E-state index is 0. The van der Waals surface area contributed by atoms with E-state index in [0.717, 1.165) is 24.0 Å². The van der Waals surface area contributed by atoms with E-state index >= 15 is 0 Å². The number of aryl methyl sites for hydroxylation is 1. The quantitative estimate of drug-likeness (QED) is 0.551. The molecule has 0 fully saturated rings. The van der Waals surface area contributed by atoms with Crippen LogP contribution in [0, 0.1) is 6.92 Å². The number of nitrogens with one attached hydrogen (secondary N) is 2. The lowest BCUT2D eigenvalue weighted by Gasteiger charge is -2.09. The molecule has 0 saturated carbocycles. The fourth-order valence-electron chi connectivity index (χ4n) is 2.58. The molecule has 0 atom stereocenters. The standard InChI is InChI=1S/C18H24N2O4.ClH/c1-4-19-9-10-20-17(21)8-7-15-12(2)14-6-5-13(23-3)11-16(14)24-18(15)22;/h5-6,11,19H,4,7-10H2,1-3H3,(H,20,21);1H. The zero-order valence-electron chi connectivity index (χ0n) is 14.8. The summed E-state index contributed by atoms with van der Waals surface area (Å²) in [7, 11) is 1.56. The van der Waals surface area contributed by atoms with Crippen LogP contribution in [-0.4, -0.2) is 32.7 Å². The van der Waals surface area contributed by atoms with E-state index in [0.29, 0.717) is 29.9 Å². The number of hydrogen-bond acceptors (Lipinski definition) is 5. The number of rotatable bonds is 8. The average Bonchev–Trinajstić information content (AvgIpc) is 2.58. The van der Waals surface area contributed by atoms with Crippen molar-refractivity contribution in [1.29, 1.82) is 0 Å². The van der Waals surface area contributed by atoms with Gasteiger partial charge in [0, 0.05) is 36.5 Å². The Morgan fingerprint density at radius 1 is 1.28 bits per heavy atom. The first kappa shape index (κ1) is 21.0. The zero-order valence-corrected chi connectivity index (χ0v) is 15.6. The molecule has 1 amide bonds. The van der Waals surface area contributed by atoms with Crippen molar-refractivity contribution in [2.45, 2.75) is 26.7 Å². The van der Waals surface area contributed by atoms with Gasteiger partial charge < -0.3 is 19.8 Å². The minimum atomic E-state index is -0.395. The number of carbonyl (C=O) groups excluding carboxylic acids is 1. The van der Waals surface area contributed by atoms with Gasteiger partial charge >= 0.3 is 5.63 Å². The predicted molar refractivity (Wildman–Crippen MR) is 101 cm³/mol. The lowest BCUT2D eigenvalue weighted by molar-refractivity contribution is -0.121. The lowest BCUT2D eigenvalue weighted by atomic mass is 10.0. The van der Waals surface area contributed by atoms with E-state index in [4.69, 9.17) is 9.15 Å². The van der Waals surface area contributed by atoms with Crippen molar-refractivity contribution in [3.8, 4) is 5.75 Å². The van der Waals surface area contributed by atoms with Crippen molar-refractivity contribution in [3.63, 3.8) is 0 Å². The highest BCUT2D eigenvalue weighted by Crippen LogP contribution is 2.24. The SMILES string of the molecule is CCNCCNC(=O)CCc1c(C)c2ccc(OC)cc2oc1=O.Cl. The maximum absolute atomic E-state index is 12.2. The molecule has 6 nitrogen and oxygen atoms in total. The molecule has 0 aliphatic carbocycles. The van der Waals surface area contributed by atoms with Gasteiger partial charge in [-0.25, -0.2) is 4.79 Å². The first-order valence-corrected chi connectivity index (χ1v) is 8.14. The molecule has 0 aliphatic rings. The van der Waals surface area contributed by atoms with Crippen molar-refractivity contribution in [3.05, 3.63) is 39.7 Å². The number of benzene rings is 1. The molecule has 0 radical (unpaired) electrons. The Labute approximate surface area is 153 Å². The normalized spacial score (nSPS) is 10.4. The Bertz CT molecular complexity index is 773. The highest BCUT2D eigenvalue weighted by molar-refractivity contribution is 5.85. The Morgan fingerprint density at radius 3 is 2.72 bits per heavy atom. The van der Waals surface area contributed by atoms with Crippen molar-refractivity contribution < 1.29 is 13.9 Å². The first-order chi connectivity index (χ1) is 11.6. The van der Waals surface area contributed by atoms with Gasteiger partial charge in [-0.05, 0) is 37.6 Å². The van der Waals surface area contributed by atoms with Crippen LogP contribution in [0.1, 0.15) is 24.5 Å². The molecule has 138 valence electrons. The summed E-state index contributed by atoms with van der Waals surface area (Å²) < 4.78 is 10.5. The van der Waals surface area contributed by atoms with Crippen LogP contribution in [0.2, 0.25) is 0 Å². The molecule has 0 unspecified atom stereocenters. The molecule has 1 heterocycles. The first-order valence-electron chi connectivity index (χ1n) is 8.14. The third-order valence-corrected chi connectivity index (χ3v) is 3.97. The summed E-state index contributed by atoms with van der Waals surface area (Å²) in [5.74, 6) is 0.569. The molecule has 0 bridgehead atoms. The largest absolute Gasteiger partial charge is 0.497 e. The highest BCUT2D eigenvalue weighted by Gasteiger charge is 2.13. The molecule has 0 saturated heterocycles. The Morgan fingerprint density at radius 2 is 2.04 bits per heavy atom. The third-order valence-electron chi connectivity index (χ3n) is 3.97. The average molecular weight is 369 g/mol. The van der Waals surface area contributed by atoms with Crippen molar-refractivity contribution >= 4 is 29.3 Å². The summed E-state index contributed by atoms with van der Waals surface area (Å²) in [5, 5.41) is 6.82. The predicted octanol–water partition coefficient (Wildman–Crippen LogP) is 2.19. The van der Waals surface area contributed by atoms with E-state index in [1.807, 2.05) is 26.0 Å². The third kappa shape index (κ3) is 5.47. The maximum atomic E-state index is 12.2. The fourth-order valence-corrected chi connectivity index (χ4v) is 2.58. The van der Waals surface area contributed by atoms with Crippen molar-refractivity contribution in [2.24, 2.45) is 0 Å². The second-order valence-corrected chi connectivity index (χ2v) is 5.56. The maximum Gasteiger partial charge on any atom is 0.339 e. The van der Waals surface area contributed by atoms with E-state index in [2.05, 4.69) is 10.6 Å². The summed E-state index contributed by atoms with van der Waals surface area (Å²) in [6.45, 7) is 6.08. The van der Waals surface area contributed by atoms with Gasteiger partial charge in [0.15, 0.2) is 0 Å². The fraction of sp³-hybridized carbons (Fsp3) is 0.444. The van der Waals surface area contributed by atoms with Crippen LogP contribution in [0.15, 0.2) is 27.4 Å². The van der Waals surface area contributed by atoms with Crippen LogP contribution < -0.4 is 21.0 Å². The van der Waals surface area contributed by atoms with Crippen molar-refractivity contribution in [2.75, 3.05) is 26.7 Å². The van der Waals surface area contributed by atoms with Gasteiger partial charge in [0.25, 0.3) is 0 Å². The van der Waals surface area contributed by atoms with Gasteiger partial charge in [0.2, 0.25) is 5.91 Å². The number of halogens is 1. The number of amides is 1. The van der Waals surface area contributed by atoms with Gasteiger partial charge in [-0.3, -0.25) is 4.79 Å². The monoisotopic (exact) mass is 368 g/mol. The van der Waals surface area contributed by atoms with Gasteiger partial charge in [-0.15, -0.1) is 12.4 Å². The number of likely N-dealkylation sites (N-methyl/N-ethyl adjacent to an activating group) is 1. The Hall–Kier alpha value is -2.05. The van der Waals surface area contributed by atoms with E-state index in [-0.39, 0.29) is 24.7 Å². The number of fused-ring (bicyclic) bond motifs is 1. The number of methoxy groups -OCH3 is 1. The van der Waals surface area contributed by atoms with Crippen LogP contribution in [0.3, 0.4) is 0 Å². The van der Waals surface area contributed by atoms with Gasteiger partial charge in [0.1, 0.15) is 11.3 Å².